The van der Waals surface area contributed by atoms with E-state index in [1.54, 1.807) is 31.2 Å². The number of aromatic nitrogens is 1. The lowest BCUT2D eigenvalue weighted by Gasteiger charge is -2.13. The maximum absolute atomic E-state index is 12.6. The highest BCUT2D eigenvalue weighted by Crippen LogP contribution is 2.27. The molecule has 3 aromatic rings. The number of para-hydroxylation sites is 1. The molecule has 24 heavy (non-hydrogen) atoms. The van der Waals surface area contributed by atoms with Crippen molar-refractivity contribution in [3.8, 4) is 11.5 Å². The fourth-order valence-corrected chi connectivity index (χ4v) is 2.65. The van der Waals surface area contributed by atoms with E-state index in [0.29, 0.717) is 23.1 Å². The molecular weight excluding hydrogens is 308 g/mol. The van der Waals surface area contributed by atoms with Gasteiger partial charge in [-0.15, -0.1) is 0 Å². The zero-order chi connectivity index (χ0) is 17.3. The number of phenolic OH excluding ortho intramolecular Hbond substituents is 1. The van der Waals surface area contributed by atoms with Gasteiger partial charge in [0.2, 0.25) is 0 Å². The number of hydrogen-bond donors (Lipinski definition) is 3. The quantitative estimate of drug-likeness (QED) is 0.646. The third-order valence-corrected chi connectivity index (χ3v) is 3.81. The second kappa shape index (κ2) is 6.08. The molecule has 1 amide bonds. The van der Waals surface area contributed by atoms with Gasteiger partial charge in [-0.1, -0.05) is 12.1 Å². The maximum Gasteiger partial charge on any atom is 0.267 e. The van der Waals surface area contributed by atoms with Crippen molar-refractivity contribution in [2.45, 2.75) is 13.5 Å². The van der Waals surface area contributed by atoms with E-state index in [1.165, 1.54) is 28.8 Å². The molecular formula is C18H16N2O4. The second-order valence-corrected chi connectivity index (χ2v) is 5.29. The van der Waals surface area contributed by atoms with Crippen LogP contribution in [-0.2, 0) is 6.54 Å². The number of carbonyl (C=O) groups is 1. The van der Waals surface area contributed by atoms with Crippen LogP contribution in [0.1, 0.15) is 17.3 Å². The molecule has 0 fully saturated rings. The molecule has 0 aliphatic rings. The maximum atomic E-state index is 12.6. The monoisotopic (exact) mass is 324 g/mol. The smallest absolute Gasteiger partial charge is 0.267 e. The van der Waals surface area contributed by atoms with E-state index >= 15 is 0 Å². The molecule has 0 aliphatic heterocycles. The molecule has 0 aliphatic carbocycles. The molecule has 2 aromatic carbocycles. The van der Waals surface area contributed by atoms with Crippen LogP contribution in [0.2, 0.25) is 0 Å². The Hall–Kier alpha value is -3.28. The van der Waals surface area contributed by atoms with Crippen LogP contribution >= 0.6 is 0 Å². The molecule has 1 heterocycles. The number of rotatable bonds is 3. The van der Waals surface area contributed by atoms with E-state index < -0.39 is 11.5 Å². The molecule has 0 atom stereocenters. The molecule has 6 nitrogen and oxygen atoms in total. The summed E-state index contributed by atoms with van der Waals surface area (Å²) in [4.78, 5) is 25.1. The van der Waals surface area contributed by atoms with Crippen LogP contribution in [-0.4, -0.2) is 20.7 Å². The van der Waals surface area contributed by atoms with Gasteiger partial charge in [0.05, 0.1) is 5.52 Å². The Kier molecular flexibility index (Phi) is 3.95. The van der Waals surface area contributed by atoms with Gasteiger partial charge >= 0.3 is 0 Å². The summed E-state index contributed by atoms with van der Waals surface area (Å²) in [5.74, 6) is -0.970. The highest BCUT2D eigenvalue weighted by Gasteiger charge is 2.21. The summed E-state index contributed by atoms with van der Waals surface area (Å²) in [6.45, 7) is 2.17. The summed E-state index contributed by atoms with van der Waals surface area (Å²) in [5, 5.41) is 22.7. The Morgan fingerprint density at radius 1 is 1.08 bits per heavy atom. The predicted molar refractivity (Wildman–Crippen MR) is 91.6 cm³/mol. The van der Waals surface area contributed by atoms with Crippen LogP contribution in [0, 0.1) is 0 Å². The van der Waals surface area contributed by atoms with Gasteiger partial charge in [0, 0.05) is 17.6 Å². The van der Waals surface area contributed by atoms with Gasteiger partial charge in [0.1, 0.15) is 17.1 Å². The van der Waals surface area contributed by atoms with Gasteiger partial charge in [-0.25, -0.2) is 0 Å². The number of benzene rings is 2. The van der Waals surface area contributed by atoms with Crippen molar-refractivity contribution in [1.29, 1.82) is 0 Å². The molecule has 122 valence electrons. The fraction of sp³-hybridized carbons (Fsp3) is 0.111. The molecule has 0 saturated carbocycles. The number of pyridine rings is 1. The molecule has 1 aromatic heterocycles. The standard InChI is InChI=1S/C18H16N2O4/c1-2-20-14-6-4-3-5-13(14)16(22)15(18(20)24)17(23)19-11-7-9-12(21)10-8-11/h3-10,21-22H,2H2,1H3,(H,19,23). The lowest BCUT2D eigenvalue weighted by atomic mass is 10.1. The Morgan fingerprint density at radius 2 is 1.75 bits per heavy atom. The number of nitrogens with zero attached hydrogens (tertiary/aromatic N) is 1. The molecule has 0 unspecified atom stereocenters. The van der Waals surface area contributed by atoms with Crippen molar-refractivity contribution in [3.05, 3.63) is 64.4 Å². The van der Waals surface area contributed by atoms with E-state index in [4.69, 9.17) is 0 Å². The minimum absolute atomic E-state index is 0.0647. The lowest BCUT2D eigenvalue weighted by Crippen LogP contribution is -2.29. The van der Waals surface area contributed by atoms with Gasteiger partial charge in [-0.2, -0.15) is 0 Å². The third kappa shape index (κ3) is 2.58. The van der Waals surface area contributed by atoms with Gasteiger partial charge in [-0.3, -0.25) is 9.59 Å². The first-order valence-electron chi connectivity index (χ1n) is 7.47. The average molecular weight is 324 g/mol. The fourth-order valence-electron chi connectivity index (χ4n) is 2.65. The Labute approximate surface area is 137 Å². The molecule has 3 rings (SSSR count). The second-order valence-electron chi connectivity index (χ2n) is 5.29. The van der Waals surface area contributed by atoms with Crippen LogP contribution in [0.5, 0.6) is 11.5 Å². The van der Waals surface area contributed by atoms with E-state index in [2.05, 4.69) is 5.32 Å². The molecule has 0 bridgehead atoms. The van der Waals surface area contributed by atoms with Gasteiger partial charge < -0.3 is 20.1 Å². The first-order chi connectivity index (χ1) is 11.5. The number of nitrogens with one attached hydrogen (secondary N) is 1. The number of aryl methyl sites for hydroxylation is 1. The summed E-state index contributed by atoms with van der Waals surface area (Å²) in [6, 6.07) is 12.7. The highest BCUT2D eigenvalue weighted by atomic mass is 16.3. The zero-order valence-electron chi connectivity index (χ0n) is 13.0. The van der Waals surface area contributed by atoms with Crippen LogP contribution in [0.3, 0.4) is 0 Å². The average Bonchev–Trinajstić information content (AvgIpc) is 2.57. The minimum atomic E-state index is -0.698. The Bertz CT molecular complexity index is 975. The number of carbonyl (C=O) groups excluding carboxylic acids is 1. The van der Waals surface area contributed by atoms with Crippen molar-refractivity contribution in [1.82, 2.24) is 4.57 Å². The zero-order valence-corrected chi connectivity index (χ0v) is 13.0. The van der Waals surface area contributed by atoms with E-state index in [1.807, 2.05) is 0 Å². The minimum Gasteiger partial charge on any atom is -0.508 e. The van der Waals surface area contributed by atoms with Crippen molar-refractivity contribution in [2.24, 2.45) is 0 Å². The summed E-state index contributed by atoms with van der Waals surface area (Å²) < 4.78 is 1.45. The van der Waals surface area contributed by atoms with Crippen LogP contribution < -0.4 is 10.9 Å². The van der Waals surface area contributed by atoms with Crippen molar-refractivity contribution in [3.63, 3.8) is 0 Å². The van der Waals surface area contributed by atoms with Crippen molar-refractivity contribution < 1.29 is 15.0 Å². The highest BCUT2D eigenvalue weighted by molar-refractivity contribution is 6.09. The third-order valence-electron chi connectivity index (χ3n) is 3.81. The van der Waals surface area contributed by atoms with Crippen molar-refractivity contribution in [2.75, 3.05) is 5.32 Å². The first kappa shape index (κ1) is 15.6. The normalized spacial score (nSPS) is 10.7. The largest absolute Gasteiger partial charge is 0.508 e. The number of aromatic hydroxyl groups is 2. The predicted octanol–water partition coefficient (Wildman–Crippen LogP) is 2.68. The summed E-state index contributed by atoms with van der Waals surface area (Å²) in [5.41, 5.74) is 0.130. The molecule has 0 spiro atoms. The lowest BCUT2D eigenvalue weighted by molar-refractivity contribution is 0.102. The number of hydrogen-bond acceptors (Lipinski definition) is 4. The first-order valence-corrected chi connectivity index (χ1v) is 7.47. The summed E-state index contributed by atoms with van der Waals surface area (Å²) >= 11 is 0. The number of amides is 1. The topological polar surface area (TPSA) is 91.6 Å². The SMILES string of the molecule is CCn1c(=O)c(C(=O)Nc2ccc(O)cc2)c(O)c2ccccc21. The molecule has 3 N–H and O–H groups in total. The Morgan fingerprint density at radius 3 is 2.42 bits per heavy atom. The summed E-state index contributed by atoms with van der Waals surface area (Å²) in [6.07, 6.45) is 0. The van der Waals surface area contributed by atoms with Crippen LogP contribution in [0.15, 0.2) is 53.3 Å². The van der Waals surface area contributed by atoms with E-state index in [0.717, 1.165) is 0 Å². The van der Waals surface area contributed by atoms with Gasteiger partial charge in [-0.05, 0) is 43.3 Å². The van der Waals surface area contributed by atoms with E-state index in [9.17, 15) is 19.8 Å². The molecule has 0 saturated heterocycles. The van der Waals surface area contributed by atoms with Crippen molar-refractivity contribution >= 4 is 22.5 Å². The van der Waals surface area contributed by atoms with Gasteiger partial charge in [0.25, 0.3) is 11.5 Å². The van der Waals surface area contributed by atoms with Crippen LogP contribution in [0.4, 0.5) is 5.69 Å². The Balaban J connectivity index is 2.13. The number of fused-ring (bicyclic) bond motifs is 1. The summed E-state index contributed by atoms with van der Waals surface area (Å²) in [7, 11) is 0. The van der Waals surface area contributed by atoms with Crippen LogP contribution in [0.25, 0.3) is 10.9 Å². The van der Waals surface area contributed by atoms with Gasteiger partial charge in [0.15, 0.2) is 0 Å². The molecule has 6 heteroatoms. The van der Waals surface area contributed by atoms with E-state index in [-0.39, 0.29) is 17.1 Å². The molecule has 0 radical (unpaired) electrons. The number of phenols is 1. The number of anilines is 1.